The molecule has 3 rings (SSSR count). The van der Waals surface area contributed by atoms with Crippen LogP contribution in [-0.4, -0.2) is 62.9 Å². The van der Waals surface area contributed by atoms with Crippen LogP contribution < -0.4 is 5.32 Å². The largest absolute Gasteiger partial charge is 0.342 e. The van der Waals surface area contributed by atoms with E-state index in [0.717, 1.165) is 11.4 Å². The summed E-state index contributed by atoms with van der Waals surface area (Å²) in [4.78, 5) is 41.2. The van der Waals surface area contributed by atoms with Gasteiger partial charge in [-0.05, 0) is 40.0 Å². The second-order valence-electron chi connectivity index (χ2n) is 8.52. The minimum Gasteiger partial charge on any atom is -0.342 e. The molecule has 2 aliphatic heterocycles. The Bertz CT molecular complexity index is 749. The first-order valence-corrected chi connectivity index (χ1v) is 10.7. The Morgan fingerprint density at radius 3 is 2.39 bits per heavy atom. The molecule has 3 heterocycles. The number of amides is 3. The first-order valence-electron chi connectivity index (χ1n) is 9.91. The predicted molar refractivity (Wildman–Crippen MR) is 107 cm³/mol. The summed E-state index contributed by atoms with van der Waals surface area (Å²) in [5.74, 6) is -0.375. The zero-order valence-electron chi connectivity index (χ0n) is 17.0. The van der Waals surface area contributed by atoms with E-state index in [1.165, 1.54) is 11.3 Å². The molecule has 0 aromatic carbocycles. The van der Waals surface area contributed by atoms with Gasteiger partial charge in [-0.2, -0.15) is 0 Å². The normalized spacial score (nSPS) is 21.3. The van der Waals surface area contributed by atoms with Crippen molar-refractivity contribution in [3.63, 3.8) is 0 Å². The van der Waals surface area contributed by atoms with E-state index in [1.54, 1.807) is 4.90 Å². The Morgan fingerprint density at radius 1 is 1.18 bits per heavy atom. The topological polar surface area (TPSA) is 95.5 Å². The van der Waals surface area contributed by atoms with E-state index in [1.807, 2.05) is 32.6 Å². The van der Waals surface area contributed by atoms with Gasteiger partial charge in [-0.1, -0.05) is 18.3 Å². The fourth-order valence-electron chi connectivity index (χ4n) is 3.80. The summed E-state index contributed by atoms with van der Waals surface area (Å²) in [5.41, 5.74) is -0.264. The number of aromatic nitrogens is 2. The Hall–Kier alpha value is -2.03. The lowest BCUT2D eigenvalue weighted by molar-refractivity contribution is -0.138. The number of likely N-dealkylation sites (tertiary alicyclic amines) is 2. The van der Waals surface area contributed by atoms with E-state index in [2.05, 4.69) is 15.5 Å². The van der Waals surface area contributed by atoms with Crippen LogP contribution in [-0.2, 0) is 20.8 Å². The first kappa shape index (κ1) is 20.7. The van der Waals surface area contributed by atoms with Gasteiger partial charge in [0.1, 0.15) is 5.01 Å². The van der Waals surface area contributed by atoms with Crippen molar-refractivity contribution < 1.29 is 14.4 Å². The van der Waals surface area contributed by atoms with Crippen molar-refractivity contribution in [3.8, 4) is 0 Å². The highest BCUT2D eigenvalue weighted by atomic mass is 32.1. The molecule has 2 aliphatic rings. The number of nitrogens with zero attached hydrogens (tertiary/aromatic N) is 4. The highest BCUT2D eigenvalue weighted by Crippen LogP contribution is 2.29. The second kappa shape index (κ2) is 8.14. The predicted octanol–water partition coefficient (Wildman–Crippen LogP) is 1.92. The van der Waals surface area contributed by atoms with Crippen molar-refractivity contribution in [1.82, 2.24) is 20.0 Å². The van der Waals surface area contributed by atoms with Gasteiger partial charge in [0, 0.05) is 37.5 Å². The highest BCUT2D eigenvalue weighted by molar-refractivity contribution is 7.15. The molecule has 28 heavy (non-hydrogen) atoms. The molecule has 154 valence electrons. The molecule has 1 aromatic heterocycles. The molecule has 1 unspecified atom stereocenters. The summed E-state index contributed by atoms with van der Waals surface area (Å²) in [6, 6.07) is 0. The fourth-order valence-corrected chi connectivity index (χ4v) is 4.48. The molecule has 8 nitrogen and oxygen atoms in total. The SMILES string of the molecule is CCc1nnc(NC(=O)C2CCN(C(=O)C3CC(=O)N(C(C)(C)C)C3)CC2)s1. The van der Waals surface area contributed by atoms with E-state index in [4.69, 9.17) is 0 Å². The minimum atomic E-state index is -0.272. The molecule has 2 fully saturated rings. The lowest BCUT2D eigenvalue weighted by Gasteiger charge is -2.34. The second-order valence-corrected chi connectivity index (χ2v) is 9.58. The molecule has 0 bridgehead atoms. The summed E-state index contributed by atoms with van der Waals surface area (Å²) < 4.78 is 0. The number of rotatable bonds is 4. The van der Waals surface area contributed by atoms with E-state index < -0.39 is 0 Å². The van der Waals surface area contributed by atoms with E-state index in [0.29, 0.717) is 37.6 Å². The molecule has 0 radical (unpaired) electrons. The number of hydrogen-bond donors (Lipinski definition) is 1. The molecule has 2 saturated heterocycles. The maximum atomic E-state index is 12.9. The molecule has 1 aromatic rings. The number of hydrogen-bond acceptors (Lipinski definition) is 6. The van der Waals surface area contributed by atoms with Gasteiger partial charge in [0.25, 0.3) is 0 Å². The third kappa shape index (κ3) is 4.51. The summed E-state index contributed by atoms with van der Waals surface area (Å²) in [5, 5.41) is 12.3. The van der Waals surface area contributed by atoms with Crippen LogP contribution in [0.4, 0.5) is 5.13 Å². The molecule has 1 atom stereocenters. The van der Waals surface area contributed by atoms with Crippen molar-refractivity contribution in [1.29, 1.82) is 0 Å². The van der Waals surface area contributed by atoms with Crippen molar-refractivity contribution in [2.45, 2.75) is 58.9 Å². The van der Waals surface area contributed by atoms with Gasteiger partial charge in [-0.15, -0.1) is 10.2 Å². The summed E-state index contributed by atoms with van der Waals surface area (Å²) in [6.07, 6.45) is 2.33. The summed E-state index contributed by atoms with van der Waals surface area (Å²) >= 11 is 1.39. The van der Waals surface area contributed by atoms with Crippen LogP contribution >= 0.6 is 11.3 Å². The number of nitrogens with one attached hydrogen (secondary N) is 1. The molecule has 0 saturated carbocycles. The van der Waals surface area contributed by atoms with Gasteiger partial charge in [0.15, 0.2) is 0 Å². The van der Waals surface area contributed by atoms with Crippen molar-refractivity contribution in [2.75, 3.05) is 25.0 Å². The Labute approximate surface area is 169 Å². The smallest absolute Gasteiger partial charge is 0.229 e. The summed E-state index contributed by atoms with van der Waals surface area (Å²) in [7, 11) is 0. The van der Waals surface area contributed by atoms with Gasteiger partial charge in [0.05, 0.1) is 5.92 Å². The van der Waals surface area contributed by atoms with Crippen molar-refractivity contribution in [3.05, 3.63) is 5.01 Å². The zero-order chi connectivity index (χ0) is 20.5. The van der Waals surface area contributed by atoms with Gasteiger partial charge >= 0.3 is 0 Å². The minimum absolute atomic E-state index is 0.0377. The van der Waals surface area contributed by atoms with Crippen LogP contribution in [0.2, 0.25) is 0 Å². The number of carbonyl (C=O) groups excluding carboxylic acids is 3. The van der Waals surface area contributed by atoms with Crippen LogP contribution in [0.5, 0.6) is 0 Å². The molecular formula is C19H29N5O3S. The maximum absolute atomic E-state index is 12.9. The standard InChI is InChI=1S/C19H29N5O3S/c1-5-14-21-22-18(28-14)20-16(26)12-6-8-23(9-7-12)17(27)13-10-15(25)24(11-13)19(2,3)4/h12-13H,5-11H2,1-4H3,(H,20,22,26). The van der Waals surface area contributed by atoms with Gasteiger partial charge in [-0.25, -0.2) is 0 Å². The lowest BCUT2D eigenvalue weighted by Crippen LogP contribution is -2.46. The Balaban J connectivity index is 1.50. The zero-order valence-corrected chi connectivity index (χ0v) is 17.8. The average molecular weight is 408 g/mol. The third-order valence-corrected chi connectivity index (χ3v) is 6.44. The molecule has 3 amide bonds. The van der Waals surface area contributed by atoms with E-state index in [9.17, 15) is 14.4 Å². The third-order valence-electron chi connectivity index (χ3n) is 5.46. The Kier molecular flexibility index (Phi) is 6.02. The van der Waals surface area contributed by atoms with Crippen LogP contribution in [0.3, 0.4) is 0 Å². The van der Waals surface area contributed by atoms with Gasteiger partial charge in [0.2, 0.25) is 22.9 Å². The monoisotopic (exact) mass is 407 g/mol. The maximum Gasteiger partial charge on any atom is 0.229 e. The number of aryl methyl sites for hydroxylation is 1. The quantitative estimate of drug-likeness (QED) is 0.823. The van der Waals surface area contributed by atoms with Crippen molar-refractivity contribution >= 4 is 34.2 Å². The number of carbonyl (C=O) groups is 3. The fraction of sp³-hybridized carbons (Fsp3) is 0.737. The van der Waals surface area contributed by atoms with Crippen molar-refractivity contribution in [2.24, 2.45) is 11.8 Å². The molecule has 1 N–H and O–H groups in total. The van der Waals surface area contributed by atoms with Crippen LogP contribution in [0, 0.1) is 11.8 Å². The van der Waals surface area contributed by atoms with Crippen LogP contribution in [0.1, 0.15) is 52.0 Å². The highest BCUT2D eigenvalue weighted by Gasteiger charge is 2.41. The van der Waals surface area contributed by atoms with E-state index in [-0.39, 0.29) is 41.5 Å². The molecular weight excluding hydrogens is 378 g/mol. The summed E-state index contributed by atoms with van der Waals surface area (Å²) in [6.45, 7) is 9.55. The average Bonchev–Trinajstić information content (AvgIpc) is 3.27. The molecule has 9 heteroatoms. The number of piperidine rings is 1. The lowest BCUT2D eigenvalue weighted by atomic mass is 9.94. The first-order chi connectivity index (χ1) is 13.2. The van der Waals surface area contributed by atoms with E-state index >= 15 is 0 Å². The number of anilines is 1. The van der Waals surface area contributed by atoms with Crippen LogP contribution in [0.25, 0.3) is 0 Å². The molecule has 0 aliphatic carbocycles. The van der Waals surface area contributed by atoms with Crippen LogP contribution in [0.15, 0.2) is 0 Å². The Morgan fingerprint density at radius 2 is 1.86 bits per heavy atom. The van der Waals surface area contributed by atoms with Gasteiger partial charge < -0.3 is 15.1 Å². The molecule has 0 spiro atoms. The van der Waals surface area contributed by atoms with Gasteiger partial charge in [-0.3, -0.25) is 14.4 Å².